The summed E-state index contributed by atoms with van der Waals surface area (Å²) >= 11 is 0. The average Bonchev–Trinajstić information content (AvgIpc) is 2.66. The highest BCUT2D eigenvalue weighted by atomic mass is 16.6. The summed E-state index contributed by atoms with van der Waals surface area (Å²) in [6, 6.07) is 10.0. The lowest BCUT2D eigenvalue weighted by atomic mass is 10.1. The summed E-state index contributed by atoms with van der Waals surface area (Å²) in [6.45, 7) is 0.561. The van der Waals surface area contributed by atoms with Crippen LogP contribution in [-0.2, 0) is 20.9 Å². The minimum Gasteiger partial charge on any atom is -0.369 e. The normalized spacial score (nSPS) is 31.3. The Morgan fingerprint density at radius 1 is 1.29 bits per heavy atom. The Hall–Kier alpha value is -1.39. The molecule has 0 aliphatic carbocycles. The number of hydrogen-bond donors (Lipinski definition) is 1. The maximum Gasteiger partial charge on any atom is 0.251 e. The van der Waals surface area contributed by atoms with E-state index in [1.165, 1.54) is 0 Å². The molecule has 1 N–H and O–H groups in total. The first-order chi connectivity index (χ1) is 8.33. The molecule has 3 atom stereocenters. The van der Waals surface area contributed by atoms with Crippen molar-refractivity contribution in [2.24, 2.45) is 0 Å². The van der Waals surface area contributed by atoms with Crippen LogP contribution in [0.3, 0.4) is 0 Å². The molecule has 2 fully saturated rings. The SMILES string of the molecule is O=C1N[C@@H]2O[C@H]1CC[C@H]2OCc1ccccc1. The van der Waals surface area contributed by atoms with Crippen LogP contribution in [0.4, 0.5) is 0 Å². The summed E-state index contributed by atoms with van der Waals surface area (Å²) in [7, 11) is 0. The van der Waals surface area contributed by atoms with Gasteiger partial charge in [0.15, 0.2) is 6.23 Å². The molecule has 1 aromatic rings. The van der Waals surface area contributed by atoms with Gasteiger partial charge in [0.25, 0.3) is 5.91 Å². The first-order valence-electron chi connectivity index (χ1n) is 5.94. The molecule has 0 aromatic heterocycles. The molecule has 4 heteroatoms. The van der Waals surface area contributed by atoms with E-state index in [0.29, 0.717) is 6.61 Å². The van der Waals surface area contributed by atoms with Gasteiger partial charge in [-0.1, -0.05) is 30.3 Å². The molecule has 0 unspecified atom stereocenters. The van der Waals surface area contributed by atoms with Crippen molar-refractivity contribution in [2.75, 3.05) is 0 Å². The summed E-state index contributed by atoms with van der Waals surface area (Å²) in [5.74, 6) is 0.000751. The minimum absolute atomic E-state index is 0.000751. The second-order valence-corrected chi connectivity index (χ2v) is 4.47. The fourth-order valence-corrected chi connectivity index (χ4v) is 2.30. The van der Waals surface area contributed by atoms with E-state index < -0.39 is 0 Å². The van der Waals surface area contributed by atoms with E-state index >= 15 is 0 Å². The van der Waals surface area contributed by atoms with Crippen LogP contribution in [0.2, 0.25) is 0 Å². The van der Waals surface area contributed by atoms with Gasteiger partial charge >= 0.3 is 0 Å². The summed E-state index contributed by atoms with van der Waals surface area (Å²) in [5.41, 5.74) is 1.14. The molecule has 3 rings (SSSR count). The van der Waals surface area contributed by atoms with Crippen molar-refractivity contribution in [3.8, 4) is 0 Å². The van der Waals surface area contributed by atoms with Gasteiger partial charge in [-0.25, -0.2) is 0 Å². The zero-order valence-corrected chi connectivity index (χ0v) is 9.46. The van der Waals surface area contributed by atoms with Crippen LogP contribution in [0.5, 0.6) is 0 Å². The maximum atomic E-state index is 11.4. The molecule has 2 aliphatic rings. The number of hydrogen-bond acceptors (Lipinski definition) is 3. The van der Waals surface area contributed by atoms with Crippen LogP contribution in [0.15, 0.2) is 30.3 Å². The Labute approximate surface area is 99.9 Å². The number of benzene rings is 1. The molecule has 2 saturated heterocycles. The van der Waals surface area contributed by atoms with E-state index in [1.54, 1.807) is 0 Å². The Morgan fingerprint density at radius 2 is 2.12 bits per heavy atom. The standard InChI is InChI=1S/C13H15NO3/c15-12-10-6-7-11(13(14-12)17-10)16-8-9-4-2-1-3-5-9/h1-5,10-11,13H,6-8H2,(H,14,15)/t10-,11+,13+/m0/s1. The van der Waals surface area contributed by atoms with Crippen molar-refractivity contribution in [1.29, 1.82) is 0 Å². The lowest BCUT2D eigenvalue weighted by Crippen LogP contribution is -2.39. The molecular formula is C13H15NO3. The van der Waals surface area contributed by atoms with Gasteiger partial charge in [-0.3, -0.25) is 4.79 Å². The molecule has 1 amide bonds. The van der Waals surface area contributed by atoms with Crippen molar-refractivity contribution in [3.63, 3.8) is 0 Å². The van der Waals surface area contributed by atoms with Crippen LogP contribution in [0.1, 0.15) is 18.4 Å². The van der Waals surface area contributed by atoms with Crippen LogP contribution >= 0.6 is 0 Å². The Bertz CT molecular complexity index is 406. The van der Waals surface area contributed by atoms with E-state index in [2.05, 4.69) is 5.32 Å². The molecule has 1 aromatic carbocycles. The van der Waals surface area contributed by atoms with Gasteiger partial charge in [0.05, 0.1) is 6.61 Å². The van der Waals surface area contributed by atoms with E-state index in [4.69, 9.17) is 9.47 Å². The molecule has 4 nitrogen and oxygen atoms in total. The second-order valence-electron chi connectivity index (χ2n) is 4.47. The number of nitrogens with one attached hydrogen (secondary N) is 1. The fourth-order valence-electron chi connectivity index (χ4n) is 2.30. The smallest absolute Gasteiger partial charge is 0.251 e. The third-order valence-electron chi connectivity index (χ3n) is 3.25. The molecule has 2 aliphatic heterocycles. The summed E-state index contributed by atoms with van der Waals surface area (Å²) in [5, 5.41) is 2.82. The third kappa shape index (κ3) is 2.18. The largest absolute Gasteiger partial charge is 0.369 e. The fraction of sp³-hybridized carbons (Fsp3) is 0.462. The Balaban J connectivity index is 1.58. The number of carbonyl (C=O) groups excluding carboxylic acids is 1. The van der Waals surface area contributed by atoms with E-state index in [0.717, 1.165) is 18.4 Å². The molecule has 17 heavy (non-hydrogen) atoms. The van der Waals surface area contributed by atoms with Crippen molar-refractivity contribution in [2.45, 2.75) is 37.9 Å². The van der Waals surface area contributed by atoms with Crippen LogP contribution < -0.4 is 5.32 Å². The Kier molecular flexibility index (Phi) is 2.82. The molecular weight excluding hydrogens is 218 g/mol. The van der Waals surface area contributed by atoms with Crippen molar-refractivity contribution >= 4 is 5.91 Å². The Morgan fingerprint density at radius 3 is 2.94 bits per heavy atom. The first kappa shape index (κ1) is 10.7. The summed E-state index contributed by atoms with van der Waals surface area (Å²) < 4.78 is 11.3. The first-order valence-corrected chi connectivity index (χ1v) is 5.94. The minimum atomic E-state index is -0.259. The van der Waals surface area contributed by atoms with Crippen LogP contribution in [0.25, 0.3) is 0 Å². The molecule has 90 valence electrons. The molecule has 0 radical (unpaired) electrons. The highest BCUT2D eigenvalue weighted by molar-refractivity contribution is 5.83. The van der Waals surface area contributed by atoms with Gasteiger partial charge in [-0.2, -0.15) is 0 Å². The summed E-state index contributed by atoms with van der Waals surface area (Å²) in [4.78, 5) is 11.4. The lowest BCUT2D eigenvalue weighted by molar-refractivity contribution is -0.131. The van der Waals surface area contributed by atoms with Gasteiger partial charge in [0, 0.05) is 0 Å². The predicted molar refractivity (Wildman–Crippen MR) is 61.1 cm³/mol. The number of rotatable bonds is 3. The maximum absolute atomic E-state index is 11.4. The van der Waals surface area contributed by atoms with Crippen molar-refractivity contribution < 1.29 is 14.3 Å². The molecule has 2 heterocycles. The highest BCUT2D eigenvalue weighted by Crippen LogP contribution is 2.26. The molecule has 0 saturated carbocycles. The number of carbonyl (C=O) groups is 1. The monoisotopic (exact) mass is 233 g/mol. The third-order valence-corrected chi connectivity index (χ3v) is 3.25. The van der Waals surface area contributed by atoms with E-state index in [1.807, 2.05) is 30.3 Å². The number of amides is 1. The molecule has 0 spiro atoms. The number of ether oxygens (including phenoxy) is 2. The van der Waals surface area contributed by atoms with Gasteiger partial charge in [0.2, 0.25) is 0 Å². The molecule has 2 bridgehead atoms. The van der Waals surface area contributed by atoms with E-state index in [9.17, 15) is 4.79 Å². The van der Waals surface area contributed by atoms with E-state index in [-0.39, 0.29) is 24.3 Å². The topological polar surface area (TPSA) is 47.6 Å². The van der Waals surface area contributed by atoms with Gasteiger partial charge in [0.1, 0.15) is 12.2 Å². The zero-order valence-electron chi connectivity index (χ0n) is 9.46. The number of fused-ring (bicyclic) bond motifs is 2. The van der Waals surface area contributed by atoms with Crippen LogP contribution in [-0.4, -0.2) is 24.3 Å². The van der Waals surface area contributed by atoms with Gasteiger partial charge < -0.3 is 14.8 Å². The summed E-state index contributed by atoms with van der Waals surface area (Å²) in [6.07, 6.45) is 1.09. The zero-order chi connectivity index (χ0) is 11.7. The lowest BCUT2D eigenvalue weighted by Gasteiger charge is -2.27. The van der Waals surface area contributed by atoms with Crippen LogP contribution in [0, 0.1) is 0 Å². The van der Waals surface area contributed by atoms with Gasteiger partial charge in [-0.05, 0) is 18.4 Å². The van der Waals surface area contributed by atoms with Crippen molar-refractivity contribution in [1.82, 2.24) is 5.32 Å². The average molecular weight is 233 g/mol. The van der Waals surface area contributed by atoms with Crippen molar-refractivity contribution in [3.05, 3.63) is 35.9 Å². The van der Waals surface area contributed by atoms with Gasteiger partial charge in [-0.15, -0.1) is 0 Å². The quantitative estimate of drug-likeness (QED) is 0.853. The highest BCUT2D eigenvalue weighted by Gasteiger charge is 2.42. The predicted octanol–water partition coefficient (Wildman–Crippen LogP) is 1.21. The second kappa shape index (κ2) is 4.47.